The molecule has 0 saturated carbocycles. The molecule has 0 radical (unpaired) electrons. The Morgan fingerprint density at radius 3 is 3.05 bits per heavy atom. The molecule has 1 aliphatic rings. The van der Waals surface area contributed by atoms with Crippen LogP contribution in [-0.2, 0) is 13.1 Å². The normalized spacial score (nSPS) is 15.6. The highest BCUT2D eigenvalue weighted by atomic mass is 32.1. The third kappa shape index (κ3) is 3.33. The second-order valence-electron chi connectivity index (χ2n) is 5.55. The quantitative estimate of drug-likeness (QED) is 0.945. The lowest BCUT2D eigenvalue weighted by Gasteiger charge is -2.17. The van der Waals surface area contributed by atoms with Gasteiger partial charge in [-0.3, -0.25) is 4.90 Å². The molecule has 0 unspecified atom stereocenters. The molecule has 2 heterocycles. The standard InChI is InChI=1S/C15H19N3O2S/c1-10(2)15-16-14(21-17-15)9-18-5-6-20-13-4-3-12(19)7-11(13)8-18/h3-4,7,10,19H,5-6,8-9H2,1-2H3. The smallest absolute Gasteiger partial charge is 0.145 e. The van der Waals surface area contributed by atoms with E-state index in [4.69, 9.17) is 4.74 Å². The number of rotatable bonds is 3. The number of nitrogens with zero attached hydrogens (tertiary/aromatic N) is 3. The topological polar surface area (TPSA) is 58.5 Å². The van der Waals surface area contributed by atoms with Gasteiger partial charge in [0.2, 0.25) is 0 Å². The first-order valence-electron chi connectivity index (χ1n) is 7.11. The van der Waals surface area contributed by atoms with Gasteiger partial charge in [-0.15, -0.1) is 0 Å². The fourth-order valence-corrected chi connectivity index (χ4v) is 3.15. The summed E-state index contributed by atoms with van der Waals surface area (Å²) in [5.74, 6) is 2.41. The van der Waals surface area contributed by atoms with Gasteiger partial charge >= 0.3 is 0 Å². The van der Waals surface area contributed by atoms with Gasteiger partial charge < -0.3 is 9.84 Å². The molecule has 112 valence electrons. The molecule has 0 amide bonds. The minimum absolute atomic E-state index is 0.275. The lowest BCUT2D eigenvalue weighted by molar-refractivity contribution is 0.219. The van der Waals surface area contributed by atoms with Gasteiger partial charge in [-0.2, -0.15) is 4.37 Å². The molecule has 2 aromatic rings. The highest BCUT2D eigenvalue weighted by molar-refractivity contribution is 7.05. The summed E-state index contributed by atoms with van der Waals surface area (Å²) in [6.07, 6.45) is 0. The van der Waals surface area contributed by atoms with Crippen LogP contribution in [0, 0.1) is 0 Å². The molecule has 0 aliphatic carbocycles. The molecule has 0 saturated heterocycles. The largest absolute Gasteiger partial charge is 0.508 e. The van der Waals surface area contributed by atoms with E-state index in [1.807, 2.05) is 6.07 Å². The van der Waals surface area contributed by atoms with Crippen molar-refractivity contribution in [3.63, 3.8) is 0 Å². The first-order valence-corrected chi connectivity index (χ1v) is 7.88. The van der Waals surface area contributed by atoms with Crippen LogP contribution in [0.2, 0.25) is 0 Å². The Morgan fingerprint density at radius 1 is 1.43 bits per heavy atom. The van der Waals surface area contributed by atoms with Crippen molar-refractivity contribution in [1.82, 2.24) is 14.3 Å². The predicted molar refractivity (Wildman–Crippen MR) is 81.7 cm³/mol. The van der Waals surface area contributed by atoms with Crippen molar-refractivity contribution in [1.29, 1.82) is 0 Å². The van der Waals surface area contributed by atoms with E-state index in [9.17, 15) is 5.11 Å². The molecule has 0 bridgehead atoms. The van der Waals surface area contributed by atoms with Gasteiger partial charge in [0.05, 0.1) is 6.54 Å². The minimum atomic E-state index is 0.275. The third-order valence-corrected chi connectivity index (χ3v) is 4.17. The lowest BCUT2D eigenvalue weighted by atomic mass is 10.2. The van der Waals surface area contributed by atoms with Crippen molar-refractivity contribution in [2.24, 2.45) is 0 Å². The molecule has 21 heavy (non-hydrogen) atoms. The summed E-state index contributed by atoms with van der Waals surface area (Å²) in [6, 6.07) is 5.26. The number of hydrogen-bond acceptors (Lipinski definition) is 6. The SMILES string of the molecule is CC(C)c1nsc(CN2CCOc3ccc(O)cc3C2)n1. The molecule has 0 spiro atoms. The Labute approximate surface area is 128 Å². The first-order chi connectivity index (χ1) is 10.1. The van der Waals surface area contributed by atoms with Crippen LogP contribution in [0.5, 0.6) is 11.5 Å². The van der Waals surface area contributed by atoms with E-state index in [0.717, 1.165) is 41.8 Å². The average molecular weight is 305 g/mol. The number of aromatic hydroxyl groups is 1. The van der Waals surface area contributed by atoms with E-state index in [1.165, 1.54) is 11.5 Å². The molecule has 0 fully saturated rings. The highest BCUT2D eigenvalue weighted by Gasteiger charge is 2.18. The molecular weight excluding hydrogens is 286 g/mol. The number of fused-ring (bicyclic) bond motifs is 1. The molecule has 1 N–H and O–H groups in total. The number of benzene rings is 1. The summed E-state index contributed by atoms with van der Waals surface area (Å²) in [5.41, 5.74) is 1.01. The van der Waals surface area contributed by atoms with Crippen LogP contribution >= 0.6 is 11.5 Å². The number of aromatic nitrogens is 2. The van der Waals surface area contributed by atoms with Crippen molar-refractivity contribution >= 4 is 11.5 Å². The van der Waals surface area contributed by atoms with Crippen LogP contribution in [0.1, 0.15) is 36.2 Å². The monoisotopic (exact) mass is 305 g/mol. The van der Waals surface area contributed by atoms with Gasteiger partial charge in [-0.25, -0.2) is 4.98 Å². The maximum atomic E-state index is 9.63. The zero-order chi connectivity index (χ0) is 14.8. The molecule has 0 atom stereocenters. The summed E-state index contributed by atoms with van der Waals surface area (Å²) in [7, 11) is 0. The van der Waals surface area contributed by atoms with E-state index < -0.39 is 0 Å². The summed E-state index contributed by atoms with van der Waals surface area (Å²) < 4.78 is 10.1. The predicted octanol–water partition coefficient (Wildman–Crippen LogP) is 2.76. The fraction of sp³-hybridized carbons (Fsp3) is 0.467. The van der Waals surface area contributed by atoms with Crippen LogP contribution < -0.4 is 4.74 Å². The maximum absolute atomic E-state index is 9.63. The number of hydrogen-bond donors (Lipinski definition) is 1. The summed E-state index contributed by atoms with van der Waals surface area (Å²) in [6.45, 7) is 7.21. The summed E-state index contributed by atoms with van der Waals surface area (Å²) in [5, 5.41) is 10.7. The van der Waals surface area contributed by atoms with Crippen molar-refractivity contribution in [2.45, 2.75) is 32.9 Å². The lowest BCUT2D eigenvalue weighted by Crippen LogP contribution is -2.25. The summed E-state index contributed by atoms with van der Waals surface area (Å²) in [4.78, 5) is 6.86. The molecule has 5 nitrogen and oxygen atoms in total. The molecular formula is C15H19N3O2S. The minimum Gasteiger partial charge on any atom is -0.508 e. The second-order valence-corrected chi connectivity index (χ2v) is 6.39. The Balaban J connectivity index is 1.74. The highest BCUT2D eigenvalue weighted by Crippen LogP contribution is 2.27. The summed E-state index contributed by atoms with van der Waals surface area (Å²) >= 11 is 1.47. The number of phenolic OH excluding ortho intramolecular Hbond substituents is 1. The molecule has 1 aromatic heterocycles. The van der Waals surface area contributed by atoms with E-state index in [0.29, 0.717) is 12.5 Å². The average Bonchev–Trinajstić information content (AvgIpc) is 2.80. The van der Waals surface area contributed by atoms with Gasteiger partial charge in [-0.1, -0.05) is 13.8 Å². The molecule has 1 aromatic carbocycles. The Morgan fingerprint density at radius 2 is 2.29 bits per heavy atom. The van der Waals surface area contributed by atoms with Gasteiger partial charge in [0.25, 0.3) is 0 Å². The number of ether oxygens (including phenoxy) is 1. The molecule has 3 rings (SSSR count). The van der Waals surface area contributed by atoms with Crippen LogP contribution in [0.4, 0.5) is 0 Å². The zero-order valence-corrected chi connectivity index (χ0v) is 13.1. The van der Waals surface area contributed by atoms with Crippen molar-refractivity contribution < 1.29 is 9.84 Å². The molecule has 6 heteroatoms. The van der Waals surface area contributed by atoms with Gasteiger partial charge in [0.15, 0.2) is 0 Å². The van der Waals surface area contributed by atoms with Crippen LogP contribution in [0.3, 0.4) is 0 Å². The van der Waals surface area contributed by atoms with E-state index in [2.05, 4.69) is 28.1 Å². The Hall–Kier alpha value is -1.66. The van der Waals surface area contributed by atoms with Crippen molar-refractivity contribution in [2.75, 3.05) is 13.2 Å². The van der Waals surface area contributed by atoms with E-state index in [1.54, 1.807) is 12.1 Å². The maximum Gasteiger partial charge on any atom is 0.145 e. The van der Waals surface area contributed by atoms with Gasteiger partial charge in [0, 0.05) is 24.6 Å². The third-order valence-electron chi connectivity index (χ3n) is 3.46. The van der Waals surface area contributed by atoms with Gasteiger partial charge in [0.1, 0.15) is 28.9 Å². The van der Waals surface area contributed by atoms with Crippen molar-refractivity contribution in [3.8, 4) is 11.5 Å². The van der Waals surface area contributed by atoms with E-state index >= 15 is 0 Å². The van der Waals surface area contributed by atoms with Crippen molar-refractivity contribution in [3.05, 3.63) is 34.6 Å². The van der Waals surface area contributed by atoms with E-state index in [-0.39, 0.29) is 5.75 Å². The Bertz CT molecular complexity index is 627. The van der Waals surface area contributed by atoms with Crippen LogP contribution in [0.25, 0.3) is 0 Å². The zero-order valence-electron chi connectivity index (χ0n) is 12.2. The fourth-order valence-electron chi connectivity index (χ4n) is 2.33. The van der Waals surface area contributed by atoms with Crippen LogP contribution in [0.15, 0.2) is 18.2 Å². The first kappa shape index (κ1) is 14.3. The number of phenols is 1. The molecule has 1 aliphatic heterocycles. The van der Waals surface area contributed by atoms with Crippen LogP contribution in [-0.4, -0.2) is 32.5 Å². The Kier molecular flexibility index (Phi) is 4.07. The van der Waals surface area contributed by atoms with Gasteiger partial charge in [-0.05, 0) is 29.7 Å². The second kappa shape index (κ2) is 5.99.